The van der Waals surface area contributed by atoms with E-state index in [-0.39, 0.29) is 0 Å². The van der Waals surface area contributed by atoms with Crippen LogP contribution in [0.5, 0.6) is 0 Å². The highest BCUT2D eigenvalue weighted by atomic mass is 15.2. The molecule has 0 aromatic carbocycles. The van der Waals surface area contributed by atoms with Crippen molar-refractivity contribution in [3.8, 4) is 0 Å². The van der Waals surface area contributed by atoms with Gasteiger partial charge in [0, 0.05) is 11.6 Å². The van der Waals surface area contributed by atoms with E-state index in [4.69, 9.17) is 0 Å². The fraction of sp³-hybridized carbons (Fsp3) is 1.00. The third-order valence-corrected chi connectivity index (χ3v) is 5.05. The Kier molecular flexibility index (Phi) is 4.85. The molecule has 1 fully saturated rings. The van der Waals surface area contributed by atoms with Gasteiger partial charge < -0.3 is 0 Å². The Balaban J connectivity index is 2.47. The maximum absolute atomic E-state index is 2.63. The summed E-state index contributed by atoms with van der Waals surface area (Å²) in [6.45, 7) is 11.8. The van der Waals surface area contributed by atoms with Crippen LogP contribution in [-0.4, -0.2) is 23.5 Å². The van der Waals surface area contributed by atoms with Crippen LogP contribution in [0.25, 0.3) is 0 Å². The average Bonchev–Trinajstić information content (AvgIpc) is 2.28. The van der Waals surface area contributed by atoms with E-state index in [0.29, 0.717) is 5.54 Å². The molecule has 0 saturated heterocycles. The lowest BCUT2D eigenvalue weighted by Gasteiger charge is -2.44. The third kappa shape index (κ3) is 3.23. The molecule has 0 aromatic heterocycles. The molecule has 1 aliphatic carbocycles. The molecule has 1 heteroatoms. The second kappa shape index (κ2) is 5.53. The van der Waals surface area contributed by atoms with Crippen molar-refractivity contribution in [3.05, 3.63) is 0 Å². The van der Waals surface area contributed by atoms with Gasteiger partial charge in [-0.05, 0) is 64.8 Å². The van der Waals surface area contributed by atoms with E-state index in [9.17, 15) is 0 Å². The molecule has 16 heavy (non-hydrogen) atoms. The highest BCUT2D eigenvalue weighted by Crippen LogP contribution is 2.34. The van der Waals surface area contributed by atoms with E-state index in [1.54, 1.807) is 0 Å². The Labute approximate surface area is 103 Å². The molecule has 0 unspecified atom stereocenters. The molecule has 0 N–H and O–H groups in total. The molecule has 0 bridgehead atoms. The Bertz CT molecular complexity index is 199. The topological polar surface area (TPSA) is 3.24 Å². The highest BCUT2D eigenvalue weighted by molar-refractivity contribution is 4.86. The first-order chi connectivity index (χ1) is 7.38. The van der Waals surface area contributed by atoms with Gasteiger partial charge in [0.05, 0.1) is 0 Å². The Hall–Kier alpha value is -0.0400. The maximum atomic E-state index is 2.63. The van der Waals surface area contributed by atoms with Crippen LogP contribution in [0.4, 0.5) is 0 Å². The molecule has 0 atom stereocenters. The second-order valence-corrected chi connectivity index (χ2v) is 6.59. The molecule has 96 valence electrons. The number of hydrogen-bond acceptors (Lipinski definition) is 1. The minimum Gasteiger partial charge on any atom is -0.298 e. The van der Waals surface area contributed by atoms with Gasteiger partial charge in [0.2, 0.25) is 0 Å². The van der Waals surface area contributed by atoms with Crippen LogP contribution in [0.1, 0.15) is 66.7 Å². The lowest BCUT2D eigenvalue weighted by molar-refractivity contribution is 0.0591. The van der Waals surface area contributed by atoms with Crippen LogP contribution in [0.15, 0.2) is 0 Å². The first-order valence-electron chi connectivity index (χ1n) is 7.11. The van der Waals surface area contributed by atoms with Crippen LogP contribution in [0.3, 0.4) is 0 Å². The van der Waals surface area contributed by atoms with Crippen molar-refractivity contribution in [2.45, 2.75) is 78.3 Å². The van der Waals surface area contributed by atoms with Crippen LogP contribution in [0, 0.1) is 11.8 Å². The van der Waals surface area contributed by atoms with Crippen molar-refractivity contribution >= 4 is 0 Å². The molecule has 0 aliphatic heterocycles. The van der Waals surface area contributed by atoms with Crippen molar-refractivity contribution in [2.75, 3.05) is 7.05 Å². The Morgan fingerprint density at radius 3 is 2.00 bits per heavy atom. The normalized spacial score (nSPS) is 27.8. The van der Waals surface area contributed by atoms with Gasteiger partial charge in [-0.25, -0.2) is 0 Å². The van der Waals surface area contributed by atoms with Gasteiger partial charge in [-0.15, -0.1) is 0 Å². The zero-order valence-electron chi connectivity index (χ0n) is 12.2. The summed E-state index contributed by atoms with van der Waals surface area (Å²) in [5.74, 6) is 1.86. The number of nitrogens with zero attached hydrogens (tertiary/aromatic N) is 1. The van der Waals surface area contributed by atoms with Crippen LogP contribution < -0.4 is 0 Å². The smallest absolute Gasteiger partial charge is 0.0150 e. The summed E-state index contributed by atoms with van der Waals surface area (Å²) in [6.07, 6.45) is 6.93. The van der Waals surface area contributed by atoms with Crippen molar-refractivity contribution in [2.24, 2.45) is 11.8 Å². The quantitative estimate of drug-likeness (QED) is 0.688. The summed E-state index contributed by atoms with van der Waals surface area (Å²) in [6, 6.07) is 0.824. The van der Waals surface area contributed by atoms with Gasteiger partial charge in [-0.2, -0.15) is 0 Å². The predicted octanol–water partition coefficient (Wildman–Crippen LogP) is 4.32. The molecule has 0 radical (unpaired) electrons. The molecule has 1 nitrogen and oxygen atoms in total. The summed E-state index contributed by atoms with van der Waals surface area (Å²) in [7, 11) is 2.32. The minimum absolute atomic E-state index is 0.370. The Morgan fingerprint density at radius 2 is 1.62 bits per heavy atom. The molecular formula is C15H31N. The fourth-order valence-corrected chi connectivity index (χ4v) is 2.90. The van der Waals surface area contributed by atoms with Crippen molar-refractivity contribution in [3.63, 3.8) is 0 Å². The molecule has 0 amide bonds. The first kappa shape index (κ1) is 14.0. The van der Waals surface area contributed by atoms with Crippen LogP contribution in [0.2, 0.25) is 0 Å². The van der Waals surface area contributed by atoms with Crippen molar-refractivity contribution in [1.82, 2.24) is 4.90 Å². The molecule has 1 saturated carbocycles. The van der Waals surface area contributed by atoms with Crippen molar-refractivity contribution < 1.29 is 0 Å². The maximum Gasteiger partial charge on any atom is 0.0150 e. The van der Waals surface area contributed by atoms with Crippen molar-refractivity contribution in [1.29, 1.82) is 0 Å². The van der Waals surface area contributed by atoms with Gasteiger partial charge in [0.15, 0.2) is 0 Å². The lowest BCUT2D eigenvalue weighted by Crippen LogP contribution is -2.48. The summed E-state index contributed by atoms with van der Waals surface area (Å²) >= 11 is 0. The first-order valence-corrected chi connectivity index (χ1v) is 7.11. The SMILES string of the molecule is CCC(C)(C)N(C)C1CCC(C(C)C)CC1. The van der Waals surface area contributed by atoms with Gasteiger partial charge in [-0.1, -0.05) is 20.8 Å². The van der Waals surface area contributed by atoms with E-state index in [2.05, 4.69) is 46.6 Å². The van der Waals surface area contributed by atoms with E-state index in [0.717, 1.165) is 17.9 Å². The van der Waals surface area contributed by atoms with Gasteiger partial charge in [0.25, 0.3) is 0 Å². The minimum atomic E-state index is 0.370. The molecular weight excluding hydrogens is 194 g/mol. The number of hydrogen-bond donors (Lipinski definition) is 0. The number of rotatable bonds is 4. The monoisotopic (exact) mass is 225 g/mol. The van der Waals surface area contributed by atoms with Gasteiger partial charge in [0.1, 0.15) is 0 Å². The van der Waals surface area contributed by atoms with E-state index >= 15 is 0 Å². The van der Waals surface area contributed by atoms with E-state index < -0.39 is 0 Å². The van der Waals surface area contributed by atoms with Gasteiger partial charge in [-0.3, -0.25) is 4.90 Å². The molecule has 1 aliphatic rings. The Morgan fingerprint density at radius 1 is 1.12 bits per heavy atom. The molecule has 0 aromatic rings. The largest absolute Gasteiger partial charge is 0.298 e. The van der Waals surface area contributed by atoms with Crippen LogP contribution in [-0.2, 0) is 0 Å². The standard InChI is InChI=1S/C15H31N/c1-7-15(4,5)16(6)14-10-8-13(9-11-14)12(2)3/h12-14H,7-11H2,1-6H3. The van der Waals surface area contributed by atoms with Gasteiger partial charge >= 0.3 is 0 Å². The van der Waals surface area contributed by atoms with E-state index in [1.165, 1.54) is 32.1 Å². The zero-order valence-corrected chi connectivity index (χ0v) is 12.2. The zero-order chi connectivity index (χ0) is 12.3. The summed E-state index contributed by atoms with van der Waals surface area (Å²) in [5, 5.41) is 0. The summed E-state index contributed by atoms with van der Waals surface area (Å²) in [5.41, 5.74) is 0.370. The molecule has 0 heterocycles. The fourth-order valence-electron chi connectivity index (χ4n) is 2.90. The molecule has 1 rings (SSSR count). The third-order valence-electron chi connectivity index (χ3n) is 5.05. The average molecular weight is 225 g/mol. The van der Waals surface area contributed by atoms with E-state index in [1.807, 2.05) is 0 Å². The second-order valence-electron chi connectivity index (χ2n) is 6.59. The summed E-state index contributed by atoms with van der Waals surface area (Å²) < 4.78 is 0. The predicted molar refractivity (Wildman–Crippen MR) is 72.7 cm³/mol. The summed E-state index contributed by atoms with van der Waals surface area (Å²) in [4.78, 5) is 2.63. The van der Waals surface area contributed by atoms with Crippen LogP contribution >= 0.6 is 0 Å². The highest BCUT2D eigenvalue weighted by Gasteiger charge is 2.31. The molecule has 0 spiro atoms. The lowest BCUT2D eigenvalue weighted by atomic mass is 9.78.